The summed E-state index contributed by atoms with van der Waals surface area (Å²) < 4.78 is 6.82. The summed E-state index contributed by atoms with van der Waals surface area (Å²) in [6.07, 6.45) is 0.688. The van der Waals surface area contributed by atoms with E-state index in [1.54, 1.807) is 17.7 Å². The fourth-order valence-electron chi connectivity index (χ4n) is 3.81. The van der Waals surface area contributed by atoms with Crippen LogP contribution in [0.25, 0.3) is 21.8 Å². The molecular weight excluding hydrogens is 410 g/mol. The van der Waals surface area contributed by atoms with Crippen LogP contribution in [-0.4, -0.2) is 39.3 Å². The molecule has 31 heavy (non-hydrogen) atoms. The van der Waals surface area contributed by atoms with Crippen molar-refractivity contribution in [2.45, 2.75) is 37.2 Å². The molecule has 0 saturated carbocycles. The van der Waals surface area contributed by atoms with E-state index in [0.717, 1.165) is 16.6 Å². The molecule has 1 unspecified atom stereocenters. The second-order valence-corrected chi connectivity index (χ2v) is 8.82. The number of thioether (sulfide) groups is 1. The van der Waals surface area contributed by atoms with Crippen LogP contribution in [0.5, 0.6) is 0 Å². The topological polar surface area (TPSA) is 77.0 Å². The van der Waals surface area contributed by atoms with Crippen molar-refractivity contribution in [3.8, 4) is 0 Å². The molecule has 2 aromatic carbocycles. The number of benzene rings is 2. The first-order valence-corrected chi connectivity index (χ1v) is 11.2. The zero-order chi connectivity index (χ0) is 22.0. The number of H-pyrrole nitrogens is 1. The minimum Gasteiger partial charge on any atom is -0.385 e. The molecule has 0 aliphatic rings. The van der Waals surface area contributed by atoms with Crippen LogP contribution in [-0.2, 0) is 11.3 Å². The van der Waals surface area contributed by atoms with Gasteiger partial charge in [-0.1, -0.05) is 42.1 Å². The minimum atomic E-state index is -0.403. The molecule has 1 atom stereocenters. The second-order valence-electron chi connectivity index (χ2n) is 7.51. The predicted octanol–water partition coefficient (Wildman–Crippen LogP) is 4.59. The van der Waals surface area contributed by atoms with E-state index in [0.29, 0.717) is 41.2 Å². The van der Waals surface area contributed by atoms with Crippen LogP contribution in [0.1, 0.15) is 29.4 Å². The number of carbonyl (C=O) groups is 1. The number of ether oxygens (including phenoxy) is 1. The first kappa shape index (κ1) is 21.3. The molecule has 0 aliphatic heterocycles. The van der Waals surface area contributed by atoms with E-state index < -0.39 is 5.25 Å². The number of nitrogens with zero attached hydrogens (tertiary/aromatic N) is 2. The molecule has 0 fully saturated rings. The summed E-state index contributed by atoms with van der Waals surface area (Å²) in [4.78, 5) is 34.5. The fourth-order valence-corrected chi connectivity index (χ4v) is 4.80. The van der Waals surface area contributed by atoms with E-state index in [9.17, 15) is 9.59 Å². The van der Waals surface area contributed by atoms with Gasteiger partial charge >= 0.3 is 0 Å². The second kappa shape index (κ2) is 9.08. The molecule has 0 spiro atoms. The first-order valence-electron chi connectivity index (χ1n) is 10.3. The lowest BCUT2D eigenvalue weighted by Gasteiger charge is -2.16. The van der Waals surface area contributed by atoms with Gasteiger partial charge in [-0.3, -0.25) is 14.2 Å². The Morgan fingerprint density at radius 2 is 1.87 bits per heavy atom. The summed E-state index contributed by atoms with van der Waals surface area (Å²) in [5, 5.41) is 1.65. The van der Waals surface area contributed by atoms with Crippen molar-refractivity contribution in [1.82, 2.24) is 14.5 Å². The number of aryl methyl sites for hydroxylation is 1. The van der Waals surface area contributed by atoms with Crippen LogP contribution in [0.3, 0.4) is 0 Å². The molecule has 7 heteroatoms. The number of ketones is 1. The van der Waals surface area contributed by atoms with Crippen LogP contribution < -0.4 is 5.56 Å². The van der Waals surface area contributed by atoms with Gasteiger partial charge in [0.2, 0.25) is 0 Å². The molecule has 4 aromatic rings. The number of para-hydroxylation sites is 2. The Morgan fingerprint density at radius 1 is 1.16 bits per heavy atom. The van der Waals surface area contributed by atoms with Crippen molar-refractivity contribution >= 4 is 39.4 Å². The molecule has 160 valence electrons. The van der Waals surface area contributed by atoms with Crippen LogP contribution in [0.2, 0.25) is 0 Å². The highest BCUT2D eigenvalue weighted by atomic mass is 32.2. The van der Waals surface area contributed by atoms with Crippen LogP contribution >= 0.6 is 11.8 Å². The van der Waals surface area contributed by atoms with Crippen molar-refractivity contribution in [1.29, 1.82) is 0 Å². The SMILES string of the molecule is COCCCn1c(SC(C)C(=O)c2c(C)[nH]c3ccccc23)nc2ccccc2c1=O. The molecule has 0 bridgehead atoms. The number of nitrogens with one attached hydrogen (secondary N) is 1. The van der Waals surface area contributed by atoms with Gasteiger partial charge in [0, 0.05) is 42.4 Å². The zero-order valence-electron chi connectivity index (χ0n) is 17.8. The quantitative estimate of drug-likeness (QED) is 0.190. The van der Waals surface area contributed by atoms with E-state index >= 15 is 0 Å². The van der Waals surface area contributed by atoms with Gasteiger partial charge in [-0.25, -0.2) is 4.98 Å². The molecule has 0 aliphatic carbocycles. The van der Waals surface area contributed by atoms with Gasteiger partial charge in [-0.15, -0.1) is 0 Å². The molecule has 0 amide bonds. The summed E-state index contributed by atoms with van der Waals surface area (Å²) in [5.41, 5.74) is 3.04. The van der Waals surface area contributed by atoms with Gasteiger partial charge in [-0.05, 0) is 38.5 Å². The number of aromatic amines is 1. The molecule has 1 N–H and O–H groups in total. The molecule has 0 radical (unpaired) electrons. The fraction of sp³-hybridized carbons (Fsp3) is 0.292. The normalized spacial score (nSPS) is 12.5. The zero-order valence-corrected chi connectivity index (χ0v) is 18.7. The number of fused-ring (bicyclic) bond motifs is 2. The van der Waals surface area contributed by atoms with E-state index in [4.69, 9.17) is 9.72 Å². The third kappa shape index (κ3) is 4.16. The highest BCUT2D eigenvalue weighted by molar-refractivity contribution is 8.00. The average Bonchev–Trinajstić information content (AvgIpc) is 3.11. The van der Waals surface area contributed by atoms with Crippen LogP contribution in [0.15, 0.2) is 58.5 Å². The molecule has 0 saturated heterocycles. The Bertz CT molecular complexity index is 1310. The lowest BCUT2D eigenvalue weighted by atomic mass is 10.1. The van der Waals surface area contributed by atoms with Crippen molar-refractivity contribution < 1.29 is 9.53 Å². The maximum Gasteiger partial charge on any atom is 0.262 e. The number of methoxy groups -OCH3 is 1. The summed E-state index contributed by atoms with van der Waals surface area (Å²) in [6.45, 7) is 4.82. The monoisotopic (exact) mass is 435 g/mol. The Morgan fingerprint density at radius 3 is 2.65 bits per heavy atom. The lowest BCUT2D eigenvalue weighted by molar-refractivity contribution is 0.0995. The minimum absolute atomic E-state index is 0.0193. The smallest absolute Gasteiger partial charge is 0.262 e. The van der Waals surface area contributed by atoms with Gasteiger partial charge in [0.05, 0.1) is 16.2 Å². The number of rotatable bonds is 8. The van der Waals surface area contributed by atoms with Gasteiger partial charge in [0.25, 0.3) is 5.56 Å². The Balaban J connectivity index is 1.71. The van der Waals surface area contributed by atoms with E-state index in [1.165, 1.54) is 11.8 Å². The van der Waals surface area contributed by atoms with Crippen LogP contribution in [0.4, 0.5) is 0 Å². The van der Waals surface area contributed by atoms with Gasteiger partial charge in [-0.2, -0.15) is 0 Å². The van der Waals surface area contributed by atoms with E-state index in [2.05, 4.69) is 4.98 Å². The van der Waals surface area contributed by atoms with Gasteiger partial charge < -0.3 is 9.72 Å². The number of aromatic nitrogens is 3. The lowest BCUT2D eigenvalue weighted by Crippen LogP contribution is -2.25. The van der Waals surface area contributed by atoms with Crippen molar-refractivity contribution in [3.05, 3.63) is 70.1 Å². The molecule has 6 nitrogen and oxygen atoms in total. The molecule has 2 heterocycles. The average molecular weight is 436 g/mol. The number of carbonyl (C=O) groups excluding carboxylic acids is 1. The third-order valence-electron chi connectivity index (χ3n) is 5.35. The largest absolute Gasteiger partial charge is 0.385 e. The van der Waals surface area contributed by atoms with Crippen molar-refractivity contribution in [2.75, 3.05) is 13.7 Å². The van der Waals surface area contributed by atoms with E-state index in [1.807, 2.05) is 56.3 Å². The highest BCUT2D eigenvalue weighted by Gasteiger charge is 2.24. The predicted molar refractivity (Wildman–Crippen MR) is 125 cm³/mol. The van der Waals surface area contributed by atoms with Crippen molar-refractivity contribution in [2.24, 2.45) is 0 Å². The van der Waals surface area contributed by atoms with Gasteiger partial charge in [0.15, 0.2) is 10.9 Å². The summed E-state index contributed by atoms with van der Waals surface area (Å²) in [6, 6.07) is 15.1. The van der Waals surface area contributed by atoms with E-state index in [-0.39, 0.29) is 11.3 Å². The first-order chi connectivity index (χ1) is 15.0. The Hall–Kier alpha value is -2.90. The summed E-state index contributed by atoms with van der Waals surface area (Å²) >= 11 is 1.33. The maximum atomic E-state index is 13.4. The van der Waals surface area contributed by atoms with Crippen LogP contribution in [0, 0.1) is 6.92 Å². The molecular formula is C24H25N3O3S. The maximum absolute atomic E-state index is 13.4. The number of hydrogen-bond donors (Lipinski definition) is 1. The molecule has 2 aromatic heterocycles. The highest BCUT2D eigenvalue weighted by Crippen LogP contribution is 2.29. The summed E-state index contributed by atoms with van der Waals surface area (Å²) in [7, 11) is 1.64. The standard InChI is InChI=1S/C24H25N3O3S/c1-15-21(17-9-4-6-11-19(17)25-15)22(28)16(2)31-24-26-20-12-7-5-10-18(20)23(29)27(24)13-8-14-30-3/h4-7,9-12,16,25H,8,13-14H2,1-3H3. The van der Waals surface area contributed by atoms with Gasteiger partial charge in [0.1, 0.15) is 0 Å². The Kier molecular flexibility index (Phi) is 6.25. The third-order valence-corrected chi connectivity index (χ3v) is 6.44. The number of Topliss-reactive ketones (excluding diaryl/α,β-unsaturated/α-hetero) is 1. The van der Waals surface area contributed by atoms with Crippen molar-refractivity contribution in [3.63, 3.8) is 0 Å². The summed E-state index contributed by atoms with van der Waals surface area (Å²) in [5.74, 6) is 0.0193. The number of hydrogen-bond acceptors (Lipinski definition) is 5. The Labute approximate surface area is 184 Å². The molecule has 4 rings (SSSR count).